The topological polar surface area (TPSA) is 142 Å². The lowest BCUT2D eigenvalue weighted by molar-refractivity contribution is 0.0743. The number of aromatic nitrogens is 5. The molecule has 4 aromatic rings. The number of benzene rings is 1. The minimum atomic E-state index is -0.429. The molecule has 0 bridgehead atoms. The predicted octanol–water partition coefficient (Wildman–Crippen LogP) is 2.41. The molecule has 0 spiro atoms. The second kappa shape index (κ2) is 10.3. The van der Waals surface area contributed by atoms with Crippen LogP contribution < -0.4 is 10.5 Å². The number of carbonyl (C=O) groups excluding carboxylic acids is 1. The van der Waals surface area contributed by atoms with Crippen LogP contribution in [-0.4, -0.2) is 66.2 Å². The van der Waals surface area contributed by atoms with Crippen LogP contribution in [0.5, 0.6) is 5.75 Å². The fourth-order valence-corrected chi connectivity index (χ4v) is 5.72. The maximum Gasteiger partial charge on any atom is 0.299 e. The maximum atomic E-state index is 13.9. The molecule has 1 aromatic carbocycles. The van der Waals surface area contributed by atoms with Crippen LogP contribution in [-0.2, 0) is 30.9 Å². The van der Waals surface area contributed by atoms with E-state index in [-0.39, 0.29) is 28.1 Å². The van der Waals surface area contributed by atoms with Gasteiger partial charge in [-0.3, -0.25) is 14.6 Å². The molecule has 2 aliphatic rings. The molecule has 3 aromatic heterocycles. The number of hydrogen-bond acceptors (Lipinski definition) is 9. The van der Waals surface area contributed by atoms with Crippen molar-refractivity contribution in [3.8, 4) is 23.2 Å². The summed E-state index contributed by atoms with van der Waals surface area (Å²) in [5, 5.41) is 24.6. The number of rotatable bonds is 5. The van der Waals surface area contributed by atoms with Crippen LogP contribution in [0, 0.1) is 18.3 Å². The van der Waals surface area contributed by atoms with Gasteiger partial charge in [-0.2, -0.15) is 14.8 Å². The Labute approximate surface area is 236 Å². The zero-order valence-corrected chi connectivity index (χ0v) is 23.2. The minimum Gasteiger partial charge on any atom is -0.505 e. The van der Waals surface area contributed by atoms with Gasteiger partial charge in [-0.25, -0.2) is 0 Å². The fraction of sp³-hybridized carbons (Fsp3) is 0.379. The highest BCUT2D eigenvalue weighted by molar-refractivity contribution is 5.99. The molecule has 0 aliphatic carbocycles. The number of carbonyl (C=O) groups is 1. The van der Waals surface area contributed by atoms with E-state index >= 15 is 0 Å². The highest BCUT2D eigenvalue weighted by Gasteiger charge is 2.30. The Morgan fingerprint density at radius 1 is 1.15 bits per heavy atom. The molecule has 2 aliphatic heterocycles. The Hall–Kier alpha value is -4.76. The summed E-state index contributed by atoms with van der Waals surface area (Å²) in [6.07, 6.45) is 1.92. The van der Waals surface area contributed by atoms with Gasteiger partial charge in [0.1, 0.15) is 17.3 Å². The normalized spacial score (nSPS) is 14.9. The highest BCUT2D eigenvalue weighted by Crippen LogP contribution is 2.28. The number of aromatic hydroxyl groups is 1. The van der Waals surface area contributed by atoms with Gasteiger partial charge in [-0.1, -0.05) is 19.1 Å². The van der Waals surface area contributed by atoms with Crippen molar-refractivity contribution in [1.29, 1.82) is 5.26 Å². The van der Waals surface area contributed by atoms with Gasteiger partial charge >= 0.3 is 0 Å². The number of aryl methyl sites for hydroxylation is 2. The van der Waals surface area contributed by atoms with E-state index in [1.807, 2.05) is 47.6 Å². The second-order valence-corrected chi connectivity index (χ2v) is 10.2. The first-order valence-electron chi connectivity index (χ1n) is 13.7. The summed E-state index contributed by atoms with van der Waals surface area (Å²) in [5.74, 6) is 0.265. The molecule has 1 fully saturated rings. The fourth-order valence-electron chi connectivity index (χ4n) is 5.72. The van der Waals surface area contributed by atoms with Crippen LogP contribution in [0.3, 0.4) is 0 Å². The molecule has 0 radical (unpaired) electrons. The van der Waals surface area contributed by atoms with Gasteiger partial charge in [-0.15, -0.1) is 5.10 Å². The molecular formula is C29H30N8O4. The lowest BCUT2D eigenvalue weighted by Gasteiger charge is -2.37. The van der Waals surface area contributed by atoms with E-state index in [9.17, 15) is 20.0 Å². The molecule has 12 heteroatoms. The Bertz CT molecular complexity index is 1790. The number of pyridine rings is 1. The van der Waals surface area contributed by atoms with Crippen molar-refractivity contribution in [1.82, 2.24) is 29.0 Å². The van der Waals surface area contributed by atoms with Crippen LogP contribution in [0.15, 0.2) is 29.2 Å². The first kappa shape index (κ1) is 26.5. The van der Waals surface area contributed by atoms with Crippen molar-refractivity contribution in [2.45, 2.75) is 47.0 Å². The molecule has 0 atom stereocenters. The van der Waals surface area contributed by atoms with E-state index in [4.69, 9.17) is 9.72 Å². The first-order chi connectivity index (χ1) is 19.9. The van der Waals surface area contributed by atoms with Gasteiger partial charge in [0.2, 0.25) is 5.78 Å². The van der Waals surface area contributed by atoms with Crippen molar-refractivity contribution in [2.24, 2.45) is 0 Å². The minimum absolute atomic E-state index is 0.0305. The third-order valence-electron chi connectivity index (χ3n) is 7.91. The zero-order chi connectivity index (χ0) is 28.8. The standard InChI is InChI=1S/C29H30N8O4/c1-4-22-24(34-8-10-35(11-9-34)27(39)23-21(13-30)14-31-17(3)25(23)38)28(40)37-29(36(22)5-2)32-26(33-37)18-6-7-19-15-41-16-20(19)12-18/h6-7,12,14,38H,4-5,8-11,15-16H2,1-3H3. The number of amides is 1. The van der Waals surface area contributed by atoms with Gasteiger partial charge in [0, 0.05) is 50.2 Å². The van der Waals surface area contributed by atoms with E-state index in [0.717, 1.165) is 22.4 Å². The third-order valence-corrected chi connectivity index (χ3v) is 7.91. The summed E-state index contributed by atoms with van der Waals surface area (Å²) in [6.45, 7) is 8.80. The largest absolute Gasteiger partial charge is 0.505 e. The van der Waals surface area contributed by atoms with Crippen LogP contribution in [0.2, 0.25) is 0 Å². The quantitative estimate of drug-likeness (QED) is 0.394. The van der Waals surface area contributed by atoms with E-state index in [1.54, 1.807) is 11.8 Å². The van der Waals surface area contributed by atoms with Gasteiger partial charge in [-0.05, 0) is 37.5 Å². The maximum absolute atomic E-state index is 13.9. The molecule has 1 N–H and O–H groups in total. The van der Waals surface area contributed by atoms with E-state index in [2.05, 4.69) is 10.1 Å². The van der Waals surface area contributed by atoms with Crippen LogP contribution in [0.4, 0.5) is 5.69 Å². The van der Waals surface area contributed by atoms with Gasteiger partial charge in [0.25, 0.3) is 11.5 Å². The van der Waals surface area contributed by atoms with Crippen LogP contribution in [0.25, 0.3) is 17.2 Å². The molecule has 1 amide bonds. The Morgan fingerprint density at radius 3 is 2.61 bits per heavy atom. The van der Waals surface area contributed by atoms with E-state index in [0.29, 0.717) is 69.6 Å². The Kier molecular flexibility index (Phi) is 6.67. The van der Waals surface area contributed by atoms with Crippen molar-refractivity contribution in [2.75, 3.05) is 31.1 Å². The molecule has 41 heavy (non-hydrogen) atoms. The molecular weight excluding hydrogens is 524 g/mol. The molecule has 0 unspecified atom stereocenters. The zero-order valence-electron chi connectivity index (χ0n) is 23.2. The summed E-state index contributed by atoms with van der Waals surface area (Å²) in [4.78, 5) is 39.6. The highest BCUT2D eigenvalue weighted by atomic mass is 16.5. The number of anilines is 1. The number of hydrogen-bond donors (Lipinski definition) is 1. The lowest BCUT2D eigenvalue weighted by atomic mass is 10.1. The van der Waals surface area contributed by atoms with Crippen LogP contribution in [0.1, 0.15) is 52.3 Å². The Balaban J connectivity index is 1.34. The lowest BCUT2D eigenvalue weighted by Crippen LogP contribution is -2.51. The van der Waals surface area contributed by atoms with Crippen molar-refractivity contribution >= 4 is 17.4 Å². The number of ether oxygens (including phenoxy) is 1. The molecule has 12 nitrogen and oxygen atoms in total. The van der Waals surface area contributed by atoms with Crippen molar-refractivity contribution in [3.05, 3.63) is 68.4 Å². The number of fused-ring (bicyclic) bond motifs is 2. The summed E-state index contributed by atoms with van der Waals surface area (Å²) >= 11 is 0. The summed E-state index contributed by atoms with van der Waals surface area (Å²) in [6, 6.07) is 7.95. The molecule has 6 rings (SSSR count). The summed E-state index contributed by atoms with van der Waals surface area (Å²) in [7, 11) is 0. The Morgan fingerprint density at radius 2 is 1.90 bits per heavy atom. The smallest absolute Gasteiger partial charge is 0.299 e. The van der Waals surface area contributed by atoms with Crippen LogP contribution >= 0.6 is 0 Å². The number of nitrogens with zero attached hydrogens (tertiary/aromatic N) is 8. The molecule has 210 valence electrons. The third kappa shape index (κ3) is 4.29. The van der Waals surface area contributed by atoms with Gasteiger partial charge in [0.05, 0.1) is 24.5 Å². The summed E-state index contributed by atoms with van der Waals surface area (Å²) < 4.78 is 8.95. The average Bonchev–Trinajstić information content (AvgIpc) is 3.65. The number of piperazine rings is 1. The van der Waals surface area contributed by atoms with E-state index in [1.165, 1.54) is 10.7 Å². The number of nitriles is 1. The first-order valence-corrected chi connectivity index (χ1v) is 13.7. The molecule has 5 heterocycles. The molecule has 0 saturated carbocycles. The van der Waals surface area contributed by atoms with Gasteiger partial charge < -0.3 is 24.2 Å². The van der Waals surface area contributed by atoms with Crippen molar-refractivity contribution in [3.63, 3.8) is 0 Å². The monoisotopic (exact) mass is 554 g/mol. The van der Waals surface area contributed by atoms with E-state index < -0.39 is 5.91 Å². The van der Waals surface area contributed by atoms with Gasteiger partial charge in [0.15, 0.2) is 11.6 Å². The average molecular weight is 555 g/mol. The predicted molar refractivity (Wildman–Crippen MR) is 150 cm³/mol. The van der Waals surface area contributed by atoms with Crippen molar-refractivity contribution < 1.29 is 14.6 Å². The SMILES string of the molecule is CCc1c(N2CCN(C(=O)c3c(C#N)cnc(C)c3O)CC2)c(=O)n2nc(-c3ccc4c(c3)COC4)nc2n1CC. The summed E-state index contributed by atoms with van der Waals surface area (Å²) in [5.41, 5.74) is 4.52. The second-order valence-electron chi connectivity index (χ2n) is 10.2. The molecule has 1 saturated heterocycles.